The Balaban J connectivity index is 1.28. The van der Waals surface area contributed by atoms with E-state index in [0.717, 1.165) is 25.2 Å². The van der Waals surface area contributed by atoms with E-state index in [1.165, 1.54) is 21.2 Å². The van der Waals surface area contributed by atoms with Crippen LogP contribution < -0.4 is 0 Å². The van der Waals surface area contributed by atoms with Crippen molar-refractivity contribution >= 4 is 28.8 Å². The van der Waals surface area contributed by atoms with Crippen LogP contribution in [0.4, 0.5) is 4.79 Å². The van der Waals surface area contributed by atoms with Crippen LogP contribution >= 0.6 is 0 Å². The number of hydrogen-bond donors (Lipinski definition) is 0. The Hall–Kier alpha value is -3.48. The summed E-state index contributed by atoms with van der Waals surface area (Å²) in [5.41, 5.74) is 1.53. The molecule has 3 aromatic carbocycles. The van der Waals surface area contributed by atoms with Crippen LogP contribution in [0.5, 0.6) is 0 Å². The van der Waals surface area contributed by atoms with E-state index in [2.05, 4.69) is 47.4 Å². The van der Waals surface area contributed by atoms with Gasteiger partial charge in [0.05, 0.1) is 6.61 Å². The molecular formula is C30H33N3O3. The SMILES string of the molecule is COCCN1C(=O)N(CC=Cc2ccccc2)C(=O)C12CCN(Cc1ccc3ccccc3c1)CC2. The normalized spacial score (nSPS) is 18.2. The molecule has 2 heterocycles. The number of urea groups is 1. The molecule has 2 aliphatic heterocycles. The van der Waals surface area contributed by atoms with Crippen LogP contribution in [-0.4, -0.2) is 72.1 Å². The van der Waals surface area contributed by atoms with Crippen molar-refractivity contribution in [1.29, 1.82) is 0 Å². The van der Waals surface area contributed by atoms with Crippen molar-refractivity contribution in [2.24, 2.45) is 0 Å². The van der Waals surface area contributed by atoms with Gasteiger partial charge in [-0.2, -0.15) is 0 Å². The lowest BCUT2D eigenvalue weighted by atomic mass is 9.85. The van der Waals surface area contributed by atoms with E-state index in [1.54, 1.807) is 12.0 Å². The molecule has 0 aliphatic carbocycles. The van der Waals surface area contributed by atoms with Gasteiger partial charge in [-0.15, -0.1) is 0 Å². The predicted octanol–water partition coefficient (Wildman–Crippen LogP) is 4.80. The number of carbonyl (C=O) groups is 2. The van der Waals surface area contributed by atoms with Crippen LogP contribution in [0.2, 0.25) is 0 Å². The monoisotopic (exact) mass is 483 g/mol. The molecule has 0 radical (unpaired) electrons. The molecule has 2 saturated heterocycles. The molecule has 2 fully saturated rings. The molecule has 2 aliphatic rings. The fraction of sp³-hybridized carbons (Fsp3) is 0.333. The number of carbonyl (C=O) groups excluding carboxylic acids is 2. The zero-order valence-corrected chi connectivity index (χ0v) is 20.8. The van der Waals surface area contributed by atoms with Crippen molar-refractivity contribution in [2.75, 3.05) is 39.9 Å². The summed E-state index contributed by atoms with van der Waals surface area (Å²) in [7, 11) is 1.63. The van der Waals surface area contributed by atoms with Crippen molar-refractivity contribution in [3.05, 3.63) is 90.0 Å². The second-order valence-electron chi connectivity index (χ2n) is 9.65. The van der Waals surface area contributed by atoms with E-state index in [0.29, 0.717) is 26.0 Å². The lowest BCUT2D eigenvalue weighted by Crippen LogP contribution is -2.57. The number of piperidine rings is 1. The predicted molar refractivity (Wildman–Crippen MR) is 142 cm³/mol. The summed E-state index contributed by atoms with van der Waals surface area (Å²) >= 11 is 0. The molecule has 0 unspecified atom stereocenters. The average Bonchev–Trinajstić information content (AvgIpc) is 3.10. The Morgan fingerprint density at radius 2 is 1.64 bits per heavy atom. The Morgan fingerprint density at radius 3 is 2.39 bits per heavy atom. The number of benzene rings is 3. The van der Waals surface area contributed by atoms with Gasteiger partial charge >= 0.3 is 6.03 Å². The molecular weight excluding hydrogens is 450 g/mol. The Labute approximate surface area is 212 Å². The van der Waals surface area contributed by atoms with Gasteiger partial charge in [0.25, 0.3) is 5.91 Å². The molecule has 36 heavy (non-hydrogen) atoms. The molecule has 0 saturated carbocycles. The summed E-state index contributed by atoms with van der Waals surface area (Å²) in [4.78, 5) is 32.6. The number of likely N-dealkylation sites (tertiary alicyclic amines) is 1. The lowest BCUT2D eigenvalue weighted by molar-refractivity contribution is -0.135. The first-order valence-corrected chi connectivity index (χ1v) is 12.6. The number of ether oxygens (including phenoxy) is 1. The van der Waals surface area contributed by atoms with Crippen molar-refractivity contribution < 1.29 is 14.3 Å². The van der Waals surface area contributed by atoms with E-state index < -0.39 is 5.54 Å². The molecule has 6 heteroatoms. The standard InChI is InChI=1S/C30H33N3O3/c1-36-21-20-33-29(35)32(17-7-10-24-8-3-2-4-9-24)28(34)30(33)15-18-31(19-16-30)23-25-13-14-26-11-5-6-12-27(26)22-25/h2-14,22H,15-21,23H2,1H3. The van der Waals surface area contributed by atoms with Gasteiger partial charge in [0.1, 0.15) is 5.54 Å². The third kappa shape index (κ3) is 4.79. The third-order valence-electron chi connectivity index (χ3n) is 7.44. The van der Waals surface area contributed by atoms with E-state index in [4.69, 9.17) is 4.74 Å². The van der Waals surface area contributed by atoms with E-state index >= 15 is 0 Å². The van der Waals surface area contributed by atoms with Gasteiger partial charge in [-0.1, -0.05) is 78.9 Å². The number of fused-ring (bicyclic) bond motifs is 1. The van der Waals surface area contributed by atoms with Gasteiger partial charge in [0, 0.05) is 39.8 Å². The quantitative estimate of drug-likeness (QED) is 0.432. The topological polar surface area (TPSA) is 53.1 Å². The minimum absolute atomic E-state index is 0.0772. The van der Waals surface area contributed by atoms with Crippen molar-refractivity contribution in [2.45, 2.75) is 24.9 Å². The summed E-state index contributed by atoms with van der Waals surface area (Å²) in [6, 6.07) is 24.7. The summed E-state index contributed by atoms with van der Waals surface area (Å²) < 4.78 is 5.28. The number of nitrogens with zero attached hydrogens (tertiary/aromatic N) is 3. The van der Waals surface area contributed by atoms with Crippen LogP contribution in [0, 0.1) is 0 Å². The maximum Gasteiger partial charge on any atom is 0.328 e. The average molecular weight is 484 g/mol. The second kappa shape index (κ2) is 10.6. The first-order chi connectivity index (χ1) is 17.6. The Bertz CT molecular complexity index is 1250. The smallest absolute Gasteiger partial charge is 0.328 e. The second-order valence-corrected chi connectivity index (χ2v) is 9.65. The summed E-state index contributed by atoms with van der Waals surface area (Å²) in [5.74, 6) is -0.0772. The molecule has 6 nitrogen and oxygen atoms in total. The molecule has 5 rings (SSSR count). The van der Waals surface area contributed by atoms with Crippen LogP contribution in [0.1, 0.15) is 24.0 Å². The van der Waals surface area contributed by atoms with Crippen LogP contribution in [0.25, 0.3) is 16.8 Å². The molecule has 0 atom stereocenters. The lowest BCUT2D eigenvalue weighted by Gasteiger charge is -2.42. The third-order valence-corrected chi connectivity index (χ3v) is 7.44. The molecule has 1 spiro atoms. The maximum absolute atomic E-state index is 13.7. The van der Waals surface area contributed by atoms with Gasteiger partial charge in [-0.3, -0.25) is 14.6 Å². The number of amides is 3. The first-order valence-electron chi connectivity index (χ1n) is 12.6. The molecule has 0 aromatic heterocycles. The molecule has 0 N–H and O–H groups in total. The van der Waals surface area contributed by atoms with Gasteiger partial charge < -0.3 is 9.64 Å². The van der Waals surface area contributed by atoms with Crippen molar-refractivity contribution in [3.8, 4) is 0 Å². The molecule has 3 amide bonds. The largest absolute Gasteiger partial charge is 0.383 e. The summed E-state index contributed by atoms with van der Waals surface area (Å²) in [6.07, 6.45) is 5.12. The highest BCUT2D eigenvalue weighted by molar-refractivity contribution is 6.07. The highest BCUT2D eigenvalue weighted by Gasteiger charge is 2.57. The number of rotatable bonds is 8. The van der Waals surface area contributed by atoms with Gasteiger partial charge in [-0.05, 0) is 40.8 Å². The Kier molecular flexibility index (Phi) is 7.16. The van der Waals surface area contributed by atoms with E-state index in [9.17, 15) is 9.59 Å². The molecule has 186 valence electrons. The van der Waals surface area contributed by atoms with Crippen LogP contribution in [0.15, 0.2) is 78.9 Å². The summed E-state index contributed by atoms with van der Waals surface area (Å²) in [6.45, 7) is 3.48. The molecule has 0 bridgehead atoms. The number of imide groups is 1. The highest BCUT2D eigenvalue weighted by Crippen LogP contribution is 2.37. The Morgan fingerprint density at radius 1 is 0.917 bits per heavy atom. The van der Waals surface area contributed by atoms with Gasteiger partial charge in [0.15, 0.2) is 0 Å². The fourth-order valence-electron chi connectivity index (χ4n) is 5.45. The zero-order valence-electron chi connectivity index (χ0n) is 20.8. The maximum atomic E-state index is 13.7. The van der Waals surface area contributed by atoms with Gasteiger partial charge in [-0.25, -0.2) is 4.79 Å². The van der Waals surface area contributed by atoms with Crippen LogP contribution in [-0.2, 0) is 16.1 Å². The number of methoxy groups -OCH3 is 1. The minimum Gasteiger partial charge on any atom is -0.383 e. The minimum atomic E-state index is -0.782. The van der Waals surface area contributed by atoms with Crippen molar-refractivity contribution in [1.82, 2.24) is 14.7 Å². The highest BCUT2D eigenvalue weighted by atomic mass is 16.5. The van der Waals surface area contributed by atoms with E-state index in [1.807, 2.05) is 42.5 Å². The zero-order chi connectivity index (χ0) is 25.0. The number of hydrogen-bond acceptors (Lipinski definition) is 4. The first kappa shape index (κ1) is 24.2. The van der Waals surface area contributed by atoms with Crippen LogP contribution in [0.3, 0.4) is 0 Å². The summed E-state index contributed by atoms with van der Waals surface area (Å²) in [5, 5.41) is 2.48. The fourth-order valence-corrected chi connectivity index (χ4v) is 5.45. The van der Waals surface area contributed by atoms with E-state index in [-0.39, 0.29) is 18.5 Å². The van der Waals surface area contributed by atoms with Gasteiger partial charge in [0.2, 0.25) is 0 Å². The molecule has 3 aromatic rings. The van der Waals surface area contributed by atoms with Crippen molar-refractivity contribution in [3.63, 3.8) is 0 Å².